The van der Waals surface area contributed by atoms with Crippen LogP contribution in [0.25, 0.3) is 0 Å². The first-order valence-corrected chi connectivity index (χ1v) is 12.6. The van der Waals surface area contributed by atoms with Gasteiger partial charge in [0, 0.05) is 0 Å². The molecule has 170 valence electrons. The van der Waals surface area contributed by atoms with E-state index < -0.39 is 26.4 Å². The van der Waals surface area contributed by atoms with Crippen LogP contribution in [0.2, 0.25) is 0 Å². The van der Waals surface area contributed by atoms with E-state index in [0.717, 1.165) is 21.6 Å². The summed E-state index contributed by atoms with van der Waals surface area (Å²) in [7, 11) is -4.01. The van der Waals surface area contributed by atoms with Crippen LogP contribution in [0.5, 0.6) is 0 Å². The van der Waals surface area contributed by atoms with E-state index in [1.54, 1.807) is 12.1 Å². The molecule has 1 fully saturated rings. The molecule has 0 radical (unpaired) electrons. The molecule has 4 rings (SSSR count). The molecule has 0 saturated carbocycles. The Morgan fingerprint density at radius 1 is 0.879 bits per heavy atom. The molecule has 33 heavy (non-hydrogen) atoms. The maximum atomic E-state index is 13.9. The van der Waals surface area contributed by atoms with Crippen LogP contribution in [0.4, 0.5) is 0 Å². The molecular weight excluding hydrogens is 434 g/mol. The summed E-state index contributed by atoms with van der Waals surface area (Å²) in [4.78, 5) is 28.7. The monoisotopic (exact) mass is 461 g/mol. The van der Waals surface area contributed by atoms with Crippen LogP contribution in [0.15, 0.2) is 89.8 Å². The molecule has 0 aliphatic carbocycles. The van der Waals surface area contributed by atoms with Crippen molar-refractivity contribution in [2.45, 2.75) is 48.8 Å². The van der Waals surface area contributed by atoms with Crippen molar-refractivity contribution < 1.29 is 18.0 Å². The van der Waals surface area contributed by atoms with Gasteiger partial charge in [-0.25, -0.2) is 8.42 Å². The Bertz CT molecular complexity index is 1250. The standard InChI is InChI=1S/C27H27NO4S/c1-3-27(22-12-8-5-9-13-22)18-24(33(31,32)23-16-14-20(2)15-17-23)25(29)28(26(27)30)19-21-10-6-4-7-11-21/h4-17,24H,3,18-19H2,1-2H3. The minimum Gasteiger partial charge on any atom is -0.276 e. The van der Waals surface area contributed by atoms with Crippen LogP contribution in [-0.4, -0.2) is 30.4 Å². The van der Waals surface area contributed by atoms with E-state index in [-0.39, 0.29) is 23.8 Å². The van der Waals surface area contributed by atoms with Gasteiger partial charge in [-0.05, 0) is 43.0 Å². The molecule has 3 aromatic rings. The Kier molecular flexibility index (Phi) is 6.21. The van der Waals surface area contributed by atoms with Crippen LogP contribution in [0.3, 0.4) is 0 Å². The number of likely N-dealkylation sites (tertiary alicyclic amines) is 1. The maximum absolute atomic E-state index is 13.9. The highest BCUT2D eigenvalue weighted by Gasteiger charge is 2.55. The van der Waals surface area contributed by atoms with Gasteiger partial charge < -0.3 is 0 Å². The van der Waals surface area contributed by atoms with Gasteiger partial charge in [-0.2, -0.15) is 0 Å². The molecule has 2 unspecified atom stereocenters. The molecule has 0 bridgehead atoms. The van der Waals surface area contributed by atoms with Crippen molar-refractivity contribution in [3.63, 3.8) is 0 Å². The number of hydrogen-bond acceptors (Lipinski definition) is 4. The Morgan fingerprint density at radius 2 is 1.45 bits per heavy atom. The molecule has 0 N–H and O–H groups in total. The molecule has 1 saturated heterocycles. The summed E-state index contributed by atoms with van der Waals surface area (Å²) >= 11 is 0. The van der Waals surface area contributed by atoms with Crippen molar-refractivity contribution in [2.24, 2.45) is 0 Å². The van der Waals surface area contributed by atoms with Gasteiger partial charge in [0.25, 0.3) is 0 Å². The highest BCUT2D eigenvalue weighted by Crippen LogP contribution is 2.42. The average molecular weight is 462 g/mol. The van der Waals surface area contributed by atoms with Gasteiger partial charge in [-0.15, -0.1) is 0 Å². The molecular formula is C27H27NO4S. The number of nitrogens with zero attached hydrogens (tertiary/aromatic N) is 1. The van der Waals surface area contributed by atoms with Gasteiger partial charge in [0.05, 0.1) is 16.9 Å². The molecule has 3 aromatic carbocycles. The number of amides is 2. The Labute approximate surface area is 195 Å². The second kappa shape index (κ2) is 8.94. The molecule has 5 nitrogen and oxygen atoms in total. The Hall–Kier alpha value is -3.25. The van der Waals surface area contributed by atoms with Gasteiger partial charge in [-0.3, -0.25) is 14.5 Å². The van der Waals surface area contributed by atoms with E-state index >= 15 is 0 Å². The Balaban J connectivity index is 1.85. The Morgan fingerprint density at radius 3 is 2.03 bits per heavy atom. The molecule has 0 aromatic heterocycles. The first kappa shape index (κ1) is 22.9. The summed E-state index contributed by atoms with van der Waals surface area (Å²) in [5.41, 5.74) is 1.32. The van der Waals surface area contributed by atoms with E-state index in [1.165, 1.54) is 12.1 Å². The van der Waals surface area contributed by atoms with Gasteiger partial charge >= 0.3 is 0 Å². The zero-order valence-electron chi connectivity index (χ0n) is 18.8. The lowest BCUT2D eigenvalue weighted by Crippen LogP contribution is -2.60. The highest BCUT2D eigenvalue weighted by molar-refractivity contribution is 7.92. The molecule has 1 aliphatic heterocycles. The normalized spacial score (nSPS) is 21.3. The predicted molar refractivity (Wildman–Crippen MR) is 127 cm³/mol. The smallest absolute Gasteiger partial charge is 0.248 e. The fraction of sp³-hybridized carbons (Fsp3) is 0.259. The number of carbonyl (C=O) groups is 2. The van der Waals surface area contributed by atoms with Crippen molar-refractivity contribution in [1.82, 2.24) is 4.90 Å². The average Bonchev–Trinajstić information content (AvgIpc) is 2.83. The SMILES string of the molecule is CCC1(c2ccccc2)CC(S(=O)(=O)c2ccc(C)cc2)C(=O)N(Cc2ccccc2)C1=O. The van der Waals surface area contributed by atoms with Gasteiger partial charge in [0.1, 0.15) is 5.25 Å². The van der Waals surface area contributed by atoms with Crippen molar-refractivity contribution in [1.29, 1.82) is 0 Å². The van der Waals surface area contributed by atoms with Crippen LogP contribution in [0, 0.1) is 6.92 Å². The fourth-order valence-corrected chi connectivity index (χ4v) is 6.31. The number of piperidine rings is 1. The van der Waals surface area contributed by atoms with Gasteiger partial charge in [-0.1, -0.05) is 85.3 Å². The van der Waals surface area contributed by atoms with E-state index in [1.807, 2.05) is 74.5 Å². The lowest BCUT2D eigenvalue weighted by molar-refractivity contribution is -0.154. The maximum Gasteiger partial charge on any atom is 0.248 e. The van der Waals surface area contributed by atoms with Crippen LogP contribution in [0.1, 0.15) is 36.5 Å². The predicted octanol–water partition coefficient (Wildman–Crippen LogP) is 4.44. The molecule has 2 amide bonds. The van der Waals surface area contributed by atoms with Crippen molar-refractivity contribution in [3.8, 4) is 0 Å². The summed E-state index contributed by atoms with van der Waals surface area (Å²) in [5.74, 6) is -1.01. The number of imide groups is 1. The number of benzene rings is 3. The number of carbonyl (C=O) groups excluding carboxylic acids is 2. The van der Waals surface area contributed by atoms with Crippen molar-refractivity contribution in [3.05, 3.63) is 102 Å². The lowest BCUT2D eigenvalue weighted by Gasteiger charge is -2.43. The second-order valence-electron chi connectivity index (χ2n) is 8.57. The summed E-state index contributed by atoms with van der Waals surface area (Å²) < 4.78 is 27.4. The van der Waals surface area contributed by atoms with E-state index in [2.05, 4.69) is 0 Å². The summed E-state index contributed by atoms with van der Waals surface area (Å²) in [6, 6.07) is 24.9. The number of rotatable bonds is 6. The first-order chi connectivity index (χ1) is 15.8. The molecule has 2 atom stereocenters. The largest absolute Gasteiger partial charge is 0.276 e. The quantitative estimate of drug-likeness (QED) is 0.509. The van der Waals surface area contributed by atoms with Gasteiger partial charge in [0.2, 0.25) is 11.8 Å². The van der Waals surface area contributed by atoms with E-state index in [0.29, 0.717) is 6.42 Å². The lowest BCUT2D eigenvalue weighted by atomic mass is 9.71. The summed E-state index contributed by atoms with van der Waals surface area (Å²) in [6.07, 6.45) is 0.307. The topological polar surface area (TPSA) is 71.5 Å². The summed E-state index contributed by atoms with van der Waals surface area (Å²) in [5, 5.41) is -1.35. The minimum atomic E-state index is -4.01. The van der Waals surface area contributed by atoms with Crippen molar-refractivity contribution in [2.75, 3.05) is 0 Å². The van der Waals surface area contributed by atoms with Crippen LogP contribution < -0.4 is 0 Å². The zero-order chi connectivity index (χ0) is 23.6. The van der Waals surface area contributed by atoms with Crippen LogP contribution >= 0.6 is 0 Å². The minimum absolute atomic E-state index is 0.0347. The molecule has 0 spiro atoms. The molecule has 6 heteroatoms. The van der Waals surface area contributed by atoms with Crippen molar-refractivity contribution >= 4 is 21.7 Å². The van der Waals surface area contributed by atoms with E-state index in [9.17, 15) is 18.0 Å². The second-order valence-corrected chi connectivity index (χ2v) is 10.7. The number of hydrogen-bond donors (Lipinski definition) is 0. The van der Waals surface area contributed by atoms with Gasteiger partial charge in [0.15, 0.2) is 9.84 Å². The van der Waals surface area contributed by atoms with E-state index in [4.69, 9.17) is 0 Å². The first-order valence-electron chi connectivity index (χ1n) is 11.1. The summed E-state index contributed by atoms with van der Waals surface area (Å²) in [6.45, 7) is 3.78. The number of aryl methyl sites for hydroxylation is 1. The third-order valence-electron chi connectivity index (χ3n) is 6.57. The third-order valence-corrected chi connectivity index (χ3v) is 8.61. The third kappa shape index (κ3) is 4.11. The molecule has 1 aliphatic rings. The number of sulfone groups is 1. The van der Waals surface area contributed by atoms with Crippen LogP contribution in [-0.2, 0) is 31.4 Å². The molecule has 1 heterocycles. The highest BCUT2D eigenvalue weighted by atomic mass is 32.2. The zero-order valence-corrected chi connectivity index (χ0v) is 19.6. The fourth-order valence-electron chi connectivity index (χ4n) is 4.57.